The summed E-state index contributed by atoms with van der Waals surface area (Å²) in [6.07, 6.45) is 0. The Morgan fingerprint density at radius 1 is 1.17 bits per heavy atom. The molecule has 0 fully saturated rings. The number of nitrogens with zero attached hydrogens (tertiary/aromatic N) is 1. The first-order valence-electron chi connectivity index (χ1n) is 2.83. The number of hydrogen-bond donors (Lipinski definition) is 2. The largest absolute Gasteiger partial charge is 0.324 e. The quantitative estimate of drug-likeness (QED) is 0.542. The maximum Gasteiger partial charge on any atom is 0.0991 e. The summed E-state index contributed by atoms with van der Waals surface area (Å²) in [6, 6.07) is 8.91. The van der Waals surface area contributed by atoms with Gasteiger partial charge in [-0.25, -0.2) is 0 Å². The summed E-state index contributed by atoms with van der Waals surface area (Å²) in [5.74, 6) is 5.11. The van der Waals surface area contributed by atoms with E-state index in [4.69, 9.17) is 11.1 Å². The van der Waals surface area contributed by atoms with Gasteiger partial charge in [-0.2, -0.15) is 5.26 Å². The molecule has 5 heteroatoms. The van der Waals surface area contributed by atoms with Crippen LogP contribution in [0.25, 0.3) is 0 Å². The molecule has 12 heavy (non-hydrogen) atoms. The molecule has 0 aliphatic rings. The topological polar surface area (TPSA) is 61.8 Å². The lowest BCUT2D eigenvalue weighted by Crippen LogP contribution is -2.05. The summed E-state index contributed by atoms with van der Waals surface area (Å²) < 4.78 is 0. The average Bonchev–Trinajstić information content (AvgIpc) is 2.05. The Bertz CT molecular complexity index is 252. The van der Waals surface area contributed by atoms with Gasteiger partial charge >= 0.3 is 0 Å². The molecule has 0 atom stereocenters. The van der Waals surface area contributed by atoms with Crippen LogP contribution >= 0.6 is 24.8 Å². The Morgan fingerprint density at radius 3 is 2.00 bits per heavy atom. The highest BCUT2D eigenvalue weighted by atomic mass is 35.5. The molecule has 0 heterocycles. The maximum atomic E-state index is 8.40. The summed E-state index contributed by atoms with van der Waals surface area (Å²) in [5.41, 5.74) is 3.91. The Labute approximate surface area is 83.4 Å². The molecule has 3 N–H and O–H groups in total. The Hall–Kier alpha value is -0.950. The summed E-state index contributed by atoms with van der Waals surface area (Å²) in [5, 5.41) is 8.40. The van der Waals surface area contributed by atoms with Crippen molar-refractivity contribution in [2.45, 2.75) is 0 Å². The molecule has 3 nitrogen and oxygen atoms in total. The van der Waals surface area contributed by atoms with E-state index in [2.05, 4.69) is 5.43 Å². The fourth-order valence-electron chi connectivity index (χ4n) is 0.641. The summed E-state index contributed by atoms with van der Waals surface area (Å²) in [4.78, 5) is 0. The van der Waals surface area contributed by atoms with Crippen LogP contribution in [0, 0.1) is 11.3 Å². The van der Waals surface area contributed by atoms with E-state index in [-0.39, 0.29) is 24.8 Å². The van der Waals surface area contributed by atoms with E-state index in [1.165, 1.54) is 0 Å². The van der Waals surface area contributed by atoms with E-state index in [0.29, 0.717) is 5.56 Å². The van der Waals surface area contributed by atoms with Crippen LogP contribution in [0.15, 0.2) is 24.3 Å². The van der Waals surface area contributed by atoms with E-state index in [1.54, 1.807) is 24.3 Å². The molecule has 1 aromatic carbocycles. The summed E-state index contributed by atoms with van der Waals surface area (Å²) >= 11 is 0. The average molecular weight is 206 g/mol. The fraction of sp³-hybridized carbons (Fsp3) is 0. The molecule has 1 rings (SSSR count). The smallest absolute Gasteiger partial charge is 0.0991 e. The van der Waals surface area contributed by atoms with Crippen molar-refractivity contribution in [1.82, 2.24) is 0 Å². The number of benzene rings is 1. The standard InChI is InChI=1S/C7H7N3.2ClH/c8-5-6-1-3-7(10-9)4-2-6;;/h1-4,10H,9H2;2*1H. The minimum Gasteiger partial charge on any atom is -0.324 e. The number of halogens is 2. The van der Waals surface area contributed by atoms with Gasteiger partial charge in [0.05, 0.1) is 11.6 Å². The number of nitrogens with one attached hydrogen (secondary N) is 1. The molecule has 1 aromatic rings. The maximum absolute atomic E-state index is 8.40. The Kier molecular flexibility index (Phi) is 7.66. The van der Waals surface area contributed by atoms with Crippen molar-refractivity contribution in [3.05, 3.63) is 29.8 Å². The molecule has 0 saturated carbocycles. The summed E-state index contributed by atoms with van der Waals surface area (Å²) in [7, 11) is 0. The molecule has 0 aromatic heterocycles. The number of anilines is 1. The van der Waals surface area contributed by atoms with Crippen LogP contribution in [0.5, 0.6) is 0 Å². The zero-order valence-electron chi connectivity index (χ0n) is 6.15. The van der Waals surface area contributed by atoms with E-state index in [9.17, 15) is 0 Å². The first kappa shape index (κ1) is 13.6. The molecule has 0 amide bonds. The second kappa shape index (κ2) is 6.74. The van der Waals surface area contributed by atoms with Crippen LogP contribution in [0.3, 0.4) is 0 Å². The van der Waals surface area contributed by atoms with Gasteiger partial charge in [-0.15, -0.1) is 24.8 Å². The Morgan fingerprint density at radius 2 is 1.67 bits per heavy atom. The second-order valence-corrected chi connectivity index (χ2v) is 1.83. The van der Waals surface area contributed by atoms with Gasteiger partial charge in [0.25, 0.3) is 0 Å². The molecular weight excluding hydrogens is 197 g/mol. The predicted octanol–water partition coefficient (Wildman–Crippen LogP) is 1.69. The highest BCUT2D eigenvalue weighted by molar-refractivity contribution is 5.85. The predicted molar refractivity (Wildman–Crippen MR) is 53.5 cm³/mol. The third-order valence-corrected chi connectivity index (χ3v) is 1.18. The van der Waals surface area contributed by atoms with Crippen molar-refractivity contribution < 1.29 is 0 Å². The number of hydrogen-bond acceptors (Lipinski definition) is 3. The number of hydrazine groups is 1. The van der Waals surface area contributed by atoms with Crippen LogP contribution in [-0.2, 0) is 0 Å². The normalized spacial score (nSPS) is 7.00. The summed E-state index contributed by atoms with van der Waals surface area (Å²) in [6.45, 7) is 0. The fourth-order valence-corrected chi connectivity index (χ4v) is 0.641. The van der Waals surface area contributed by atoms with E-state index >= 15 is 0 Å². The van der Waals surface area contributed by atoms with Crippen molar-refractivity contribution in [1.29, 1.82) is 5.26 Å². The highest BCUT2D eigenvalue weighted by Crippen LogP contribution is 2.05. The lowest BCUT2D eigenvalue weighted by atomic mass is 10.2. The lowest BCUT2D eigenvalue weighted by molar-refractivity contribution is 1.35. The van der Waals surface area contributed by atoms with Gasteiger partial charge in [0.2, 0.25) is 0 Å². The van der Waals surface area contributed by atoms with Crippen LogP contribution < -0.4 is 11.3 Å². The highest BCUT2D eigenvalue weighted by Gasteiger charge is 1.88. The first-order chi connectivity index (χ1) is 4.86. The number of nitriles is 1. The van der Waals surface area contributed by atoms with Gasteiger partial charge in [-0.1, -0.05) is 0 Å². The third-order valence-electron chi connectivity index (χ3n) is 1.18. The van der Waals surface area contributed by atoms with Gasteiger partial charge in [0.1, 0.15) is 0 Å². The van der Waals surface area contributed by atoms with Gasteiger partial charge in [0, 0.05) is 5.69 Å². The lowest BCUT2D eigenvalue weighted by Gasteiger charge is -1.96. The minimum absolute atomic E-state index is 0. The van der Waals surface area contributed by atoms with Crippen molar-refractivity contribution in [2.24, 2.45) is 5.84 Å². The zero-order valence-corrected chi connectivity index (χ0v) is 7.78. The molecule has 0 aliphatic heterocycles. The SMILES string of the molecule is Cl.Cl.N#Cc1ccc(NN)cc1. The van der Waals surface area contributed by atoms with Gasteiger partial charge < -0.3 is 5.43 Å². The van der Waals surface area contributed by atoms with Crippen LogP contribution in [-0.4, -0.2) is 0 Å². The van der Waals surface area contributed by atoms with Crippen molar-refractivity contribution in [2.75, 3.05) is 5.43 Å². The number of nitrogen functional groups attached to an aromatic ring is 1. The third kappa shape index (κ3) is 3.44. The van der Waals surface area contributed by atoms with Gasteiger partial charge in [0.15, 0.2) is 0 Å². The number of nitrogens with two attached hydrogens (primary N) is 1. The Balaban J connectivity index is 0. The minimum atomic E-state index is 0. The second-order valence-electron chi connectivity index (χ2n) is 1.83. The number of rotatable bonds is 1. The van der Waals surface area contributed by atoms with E-state index in [1.807, 2.05) is 6.07 Å². The van der Waals surface area contributed by atoms with Crippen LogP contribution in [0.2, 0.25) is 0 Å². The van der Waals surface area contributed by atoms with E-state index < -0.39 is 0 Å². The van der Waals surface area contributed by atoms with Crippen molar-refractivity contribution in [3.8, 4) is 6.07 Å². The molecule has 0 aliphatic carbocycles. The molecular formula is C7H9Cl2N3. The first-order valence-corrected chi connectivity index (χ1v) is 2.83. The molecule has 0 spiro atoms. The molecule has 0 unspecified atom stereocenters. The van der Waals surface area contributed by atoms with Crippen LogP contribution in [0.1, 0.15) is 5.56 Å². The molecule has 66 valence electrons. The molecule has 0 bridgehead atoms. The van der Waals surface area contributed by atoms with Crippen LogP contribution in [0.4, 0.5) is 5.69 Å². The molecule has 0 saturated heterocycles. The molecule has 0 radical (unpaired) electrons. The van der Waals surface area contributed by atoms with Gasteiger partial charge in [-0.3, -0.25) is 5.84 Å². The zero-order chi connectivity index (χ0) is 7.40. The van der Waals surface area contributed by atoms with Crippen molar-refractivity contribution >= 4 is 30.5 Å². The monoisotopic (exact) mass is 205 g/mol. The van der Waals surface area contributed by atoms with E-state index in [0.717, 1.165) is 5.69 Å². The van der Waals surface area contributed by atoms with Crippen molar-refractivity contribution in [3.63, 3.8) is 0 Å². The van der Waals surface area contributed by atoms with Gasteiger partial charge in [-0.05, 0) is 24.3 Å².